The highest BCUT2D eigenvalue weighted by Gasteiger charge is 2.36. The topological polar surface area (TPSA) is 95.9 Å². The number of ether oxygens (including phenoxy) is 3. The van der Waals surface area contributed by atoms with E-state index in [4.69, 9.17) is 19.3 Å². The molecule has 0 aliphatic carbocycles. The standard InChI is InChI=1S/C31H41N5O5/c1-21-6-7-23(16-22(21)2)25-18-26(24-8-9-27-28(17-24)41-20-40-27)36(33-25)29(37)19-35(30(38)32-31(3,4)5)11-10-34-12-14-39-15-13-34/h6-9,16-17,26H,10-15,18-20H2,1-5H3,(H,32,38)/t26-/m1/s1. The maximum absolute atomic E-state index is 14.0. The van der Waals surface area contributed by atoms with Gasteiger partial charge in [-0.15, -0.1) is 0 Å². The average Bonchev–Trinajstić information content (AvgIpc) is 3.59. The van der Waals surface area contributed by atoms with Gasteiger partial charge in [-0.3, -0.25) is 9.69 Å². The normalized spacial score (nSPS) is 18.8. The smallest absolute Gasteiger partial charge is 0.318 e. The van der Waals surface area contributed by atoms with Gasteiger partial charge in [-0.2, -0.15) is 5.10 Å². The van der Waals surface area contributed by atoms with Gasteiger partial charge >= 0.3 is 6.03 Å². The summed E-state index contributed by atoms with van der Waals surface area (Å²) in [6, 6.07) is 11.4. The molecule has 0 radical (unpaired) electrons. The molecular weight excluding hydrogens is 522 g/mol. The molecular formula is C31H41N5O5. The molecule has 3 heterocycles. The van der Waals surface area contributed by atoms with Crippen molar-refractivity contribution in [2.24, 2.45) is 5.10 Å². The number of nitrogens with zero attached hydrogens (tertiary/aromatic N) is 4. The van der Waals surface area contributed by atoms with Crippen LogP contribution in [0.15, 0.2) is 41.5 Å². The second kappa shape index (κ2) is 12.1. The minimum Gasteiger partial charge on any atom is -0.454 e. The second-order valence-corrected chi connectivity index (χ2v) is 12.0. The van der Waals surface area contributed by atoms with E-state index < -0.39 is 5.54 Å². The number of fused-ring (bicyclic) bond motifs is 1. The third-order valence-corrected chi connectivity index (χ3v) is 7.67. The Labute approximate surface area is 242 Å². The van der Waals surface area contributed by atoms with Crippen LogP contribution in [0.5, 0.6) is 11.5 Å². The number of urea groups is 1. The number of hydrogen-bond donors (Lipinski definition) is 1. The number of benzene rings is 2. The molecule has 0 bridgehead atoms. The van der Waals surface area contributed by atoms with Crippen molar-refractivity contribution < 1.29 is 23.8 Å². The summed E-state index contributed by atoms with van der Waals surface area (Å²) < 4.78 is 16.6. The predicted molar refractivity (Wildman–Crippen MR) is 156 cm³/mol. The number of hydrogen-bond acceptors (Lipinski definition) is 7. The first-order chi connectivity index (χ1) is 19.6. The summed E-state index contributed by atoms with van der Waals surface area (Å²) in [7, 11) is 0. The second-order valence-electron chi connectivity index (χ2n) is 12.0. The average molecular weight is 564 g/mol. The van der Waals surface area contributed by atoms with Crippen LogP contribution in [-0.4, -0.2) is 90.7 Å². The van der Waals surface area contributed by atoms with Gasteiger partial charge in [0.1, 0.15) is 6.54 Å². The lowest BCUT2D eigenvalue weighted by Gasteiger charge is -2.32. The lowest BCUT2D eigenvalue weighted by Crippen LogP contribution is -2.53. The Morgan fingerprint density at radius 1 is 1.02 bits per heavy atom. The van der Waals surface area contributed by atoms with E-state index in [9.17, 15) is 9.59 Å². The number of hydrazone groups is 1. The van der Waals surface area contributed by atoms with Gasteiger partial charge in [0.25, 0.3) is 5.91 Å². The van der Waals surface area contributed by atoms with E-state index in [1.807, 2.05) is 39.0 Å². The van der Waals surface area contributed by atoms with Crippen LogP contribution in [0.2, 0.25) is 0 Å². The van der Waals surface area contributed by atoms with Crippen LogP contribution >= 0.6 is 0 Å². The Kier molecular flexibility index (Phi) is 8.51. The molecule has 0 spiro atoms. The number of morpholine rings is 1. The van der Waals surface area contributed by atoms with Crippen molar-refractivity contribution in [1.29, 1.82) is 0 Å². The molecule has 10 nitrogen and oxygen atoms in total. The van der Waals surface area contributed by atoms with Gasteiger partial charge in [0.15, 0.2) is 11.5 Å². The maximum atomic E-state index is 14.0. The minimum atomic E-state index is -0.436. The lowest BCUT2D eigenvalue weighted by atomic mass is 9.96. The van der Waals surface area contributed by atoms with E-state index in [0.29, 0.717) is 44.2 Å². The van der Waals surface area contributed by atoms with Crippen LogP contribution in [0.25, 0.3) is 0 Å². The molecule has 3 aliphatic heterocycles. The number of amides is 3. The van der Waals surface area contributed by atoms with Crippen LogP contribution in [0, 0.1) is 13.8 Å². The molecule has 3 aliphatic rings. The quantitative estimate of drug-likeness (QED) is 0.550. The van der Waals surface area contributed by atoms with E-state index in [0.717, 1.165) is 29.9 Å². The largest absolute Gasteiger partial charge is 0.454 e. The van der Waals surface area contributed by atoms with Crippen LogP contribution in [-0.2, 0) is 9.53 Å². The highest BCUT2D eigenvalue weighted by molar-refractivity contribution is 6.03. The number of carbonyl (C=O) groups excluding carboxylic acids is 2. The molecule has 1 N–H and O–H groups in total. The fourth-order valence-electron chi connectivity index (χ4n) is 5.19. The molecule has 10 heteroatoms. The highest BCUT2D eigenvalue weighted by atomic mass is 16.7. The van der Waals surface area contributed by atoms with Gasteiger partial charge in [-0.05, 0) is 75.1 Å². The zero-order valence-electron chi connectivity index (χ0n) is 24.7. The van der Waals surface area contributed by atoms with Crippen LogP contribution in [0.3, 0.4) is 0 Å². The third kappa shape index (κ3) is 7.00. The first-order valence-corrected chi connectivity index (χ1v) is 14.3. The first kappa shape index (κ1) is 28.9. The van der Waals surface area contributed by atoms with E-state index in [-0.39, 0.29) is 31.3 Å². The Bertz CT molecular complexity index is 1310. The van der Waals surface area contributed by atoms with Gasteiger partial charge in [0, 0.05) is 38.1 Å². The summed E-state index contributed by atoms with van der Waals surface area (Å²) >= 11 is 0. The van der Waals surface area contributed by atoms with Crippen molar-refractivity contribution in [3.8, 4) is 11.5 Å². The van der Waals surface area contributed by atoms with Crippen molar-refractivity contribution >= 4 is 17.6 Å². The highest BCUT2D eigenvalue weighted by Crippen LogP contribution is 2.39. The number of nitrogens with one attached hydrogen (secondary N) is 1. The molecule has 5 rings (SSSR count). The van der Waals surface area contributed by atoms with Crippen molar-refractivity contribution in [2.75, 3.05) is 52.7 Å². The van der Waals surface area contributed by atoms with Gasteiger partial charge in [0.05, 0.1) is 25.0 Å². The molecule has 0 aromatic heterocycles. The number of aryl methyl sites for hydroxylation is 2. The molecule has 2 aromatic rings. The molecule has 0 saturated carbocycles. The Morgan fingerprint density at radius 3 is 2.51 bits per heavy atom. The fraction of sp³-hybridized carbons (Fsp3) is 0.516. The summed E-state index contributed by atoms with van der Waals surface area (Å²) in [5, 5.41) is 9.44. The molecule has 1 atom stereocenters. The predicted octanol–water partition coefficient (Wildman–Crippen LogP) is 3.85. The molecule has 41 heavy (non-hydrogen) atoms. The zero-order valence-corrected chi connectivity index (χ0v) is 24.7. The SMILES string of the molecule is Cc1ccc(C2=NN(C(=O)CN(CCN3CCOCC3)C(=O)NC(C)(C)C)[C@@H](c3ccc4c(c3)OCO4)C2)cc1C. The third-order valence-electron chi connectivity index (χ3n) is 7.67. The monoisotopic (exact) mass is 563 g/mol. The van der Waals surface area contributed by atoms with Crippen molar-refractivity contribution in [1.82, 2.24) is 20.1 Å². The minimum absolute atomic E-state index is 0.0863. The lowest BCUT2D eigenvalue weighted by molar-refractivity contribution is -0.133. The maximum Gasteiger partial charge on any atom is 0.318 e. The van der Waals surface area contributed by atoms with E-state index >= 15 is 0 Å². The van der Waals surface area contributed by atoms with Crippen molar-refractivity contribution in [3.63, 3.8) is 0 Å². The van der Waals surface area contributed by atoms with Gasteiger partial charge in [-0.1, -0.05) is 18.2 Å². The van der Waals surface area contributed by atoms with Crippen molar-refractivity contribution in [2.45, 2.75) is 52.6 Å². The molecule has 0 unspecified atom stereocenters. The van der Waals surface area contributed by atoms with Crippen LogP contribution < -0.4 is 14.8 Å². The molecule has 3 amide bonds. The van der Waals surface area contributed by atoms with Crippen LogP contribution in [0.4, 0.5) is 4.79 Å². The van der Waals surface area contributed by atoms with E-state index in [1.165, 1.54) is 11.1 Å². The Balaban J connectivity index is 1.41. The first-order valence-electron chi connectivity index (χ1n) is 14.3. The summed E-state index contributed by atoms with van der Waals surface area (Å²) in [6.45, 7) is 14.1. The fourth-order valence-corrected chi connectivity index (χ4v) is 5.19. The van der Waals surface area contributed by atoms with Gasteiger partial charge < -0.3 is 24.4 Å². The van der Waals surface area contributed by atoms with Crippen LogP contribution in [0.1, 0.15) is 55.5 Å². The summed E-state index contributed by atoms with van der Waals surface area (Å²) in [6.07, 6.45) is 0.551. The number of carbonyl (C=O) groups is 2. The summed E-state index contributed by atoms with van der Waals surface area (Å²) in [4.78, 5) is 31.2. The molecule has 1 fully saturated rings. The van der Waals surface area contributed by atoms with E-state index in [1.54, 1.807) is 9.91 Å². The molecule has 2 aromatic carbocycles. The molecule has 1 saturated heterocycles. The zero-order chi connectivity index (χ0) is 29.1. The van der Waals surface area contributed by atoms with Crippen molar-refractivity contribution in [3.05, 3.63) is 58.7 Å². The van der Waals surface area contributed by atoms with Gasteiger partial charge in [-0.25, -0.2) is 9.80 Å². The van der Waals surface area contributed by atoms with Gasteiger partial charge in [0.2, 0.25) is 6.79 Å². The molecule has 220 valence electrons. The van der Waals surface area contributed by atoms with E-state index in [2.05, 4.69) is 42.3 Å². The summed E-state index contributed by atoms with van der Waals surface area (Å²) in [5.74, 6) is 1.11. The summed E-state index contributed by atoms with van der Waals surface area (Å²) in [5.41, 5.74) is 4.67. The number of rotatable bonds is 7. The Morgan fingerprint density at radius 2 is 1.78 bits per heavy atom. The Hall–Kier alpha value is -3.63.